The Morgan fingerprint density at radius 2 is 1.95 bits per heavy atom. The van der Waals surface area contributed by atoms with E-state index in [4.69, 9.17) is 9.47 Å². The molecular weight excluding hydrogens is 322 g/mol. The van der Waals surface area contributed by atoms with Crippen molar-refractivity contribution >= 4 is 15.9 Å². The average molecular weight is 340 g/mol. The molecule has 1 aromatic heterocycles. The van der Waals surface area contributed by atoms with Crippen LogP contribution in [0.2, 0.25) is 0 Å². The number of rotatable bonds is 7. The molecule has 6 heteroatoms. The molecule has 0 N–H and O–H groups in total. The number of aromatic nitrogens is 3. The molecule has 0 fully saturated rings. The Kier molecular flexibility index (Phi) is 5.40. The lowest BCUT2D eigenvalue weighted by atomic mass is 10.3. The van der Waals surface area contributed by atoms with Gasteiger partial charge in [-0.25, -0.2) is 4.68 Å². The van der Waals surface area contributed by atoms with Crippen LogP contribution in [0.1, 0.15) is 23.9 Å². The van der Waals surface area contributed by atoms with Gasteiger partial charge >= 0.3 is 0 Å². The number of alkyl halides is 1. The number of halogens is 1. The highest BCUT2D eigenvalue weighted by Gasteiger charge is 2.09. The summed E-state index contributed by atoms with van der Waals surface area (Å²) in [6.45, 7) is 3.32. The van der Waals surface area contributed by atoms with E-state index in [9.17, 15) is 0 Å². The van der Waals surface area contributed by atoms with Crippen LogP contribution in [0.4, 0.5) is 0 Å². The lowest BCUT2D eigenvalue weighted by molar-refractivity contribution is 0.289. The third kappa shape index (κ3) is 3.96. The standard InChI is InChI=1S/C14H18BrN3O2/c1-3-13(15)14-10-18(17-16-14)8-9-20-12-6-4-11(19-2)5-7-12/h4-7,10,13H,3,8-9H2,1-2H3. The molecule has 1 atom stereocenters. The smallest absolute Gasteiger partial charge is 0.119 e. The Labute approximate surface area is 127 Å². The van der Waals surface area contributed by atoms with Gasteiger partial charge in [0.15, 0.2) is 0 Å². The van der Waals surface area contributed by atoms with Crippen molar-refractivity contribution in [2.75, 3.05) is 13.7 Å². The normalized spacial score (nSPS) is 12.2. The van der Waals surface area contributed by atoms with Gasteiger partial charge < -0.3 is 9.47 Å². The van der Waals surface area contributed by atoms with Crippen LogP contribution in [-0.4, -0.2) is 28.7 Å². The van der Waals surface area contributed by atoms with Gasteiger partial charge in [-0.15, -0.1) is 5.10 Å². The van der Waals surface area contributed by atoms with Gasteiger partial charge in [0.2, 0.25) is 0 Å². The molecular formula is C14H18BrN3O2. The number of benzene rings is 1. The van der Waals surface area contributed by atoms with Gasteiger partial charge in [0.05, 0.1) is 24.2 Å². The first kappa shape index (κ1) is 14.8. The fourth-order valence-corrected chi connectivity index (χ4v) is 1.91. The number of hydrogen-bond acceptors (Lipinski definition) is 4. The summed E-state index contributed by atoms with van der Waals surface area (Å²) in [6, 6.07) is 7.52. The monoisotopic (exact) mass is 339 g/mol. The molecule has 0 saturated carbocycles. The van der Waals surface area contributed by atoms with Crippen molar-refractivity contribution in [3.8, 4) is 11.5 Å². The molecule has 2 aromatic rings. The van der Waals surface area contributed by atoms with Crippen molar-refractivity contribution in [3.63, 3.8) is 0 Å². The number of methoxy groups -OCH3 is 1. The van der Waals surface area contributed by atoms with Crippen molar-refractivity contribution < 1.29 is 9.47 Å². The molecule has 0 aliphatic heterocycles. The maximum atomic E-state index is 5.65. The van der Waals surface area contributed by atoms with E-state index in [1.54, 1.807) is 11.8 Å². The van der Waals surface area contributed by atoms with Crippen molar-refractivity contribution in [3.05, 3.63) is 36.2 Å². The molecule has 0 aliphatic carbocycles. The largest absolute Gasteiger partial charge is 0.497 e. The molecule has 5 nitrogen and oxygen atoms in total. The topological polar surface area (TPSA) is 49.2 Å². The van der Waals surface area contributed by atoms with Gasteiger partial charge in [0.1, 0.15) is 18.1 Å². The molecule has 0 radical (unpaired) electrons. The highest BCUT2D eigenvalue weighted by molar-refractivity contribution is 9.09. The van der Waals surface area contributed by atoms with Crippen molar-refractivity contribution in [1.29, 1.82) is 0 Å². The van der Waals surface area contributed by atoms with Crippen LogP contribution >= 0.6 is 15.9 Å². The second kappa shape index (κ2) is 7.28. The molecule has 20 heavy (non-hydrogen) atoms. The summed E-state index contributed by atoms with van der Waals surface area (Å²) in [7, 11) is 1.64. The first-order chi connectivity index (χ1) is 9.72. The van der Waals surface area contributed by atoms with Gasteiger partial charge in [0.25, 0.3) is 0 Å². The molecule has 0 spiro atoms. The molecule has 2 rings (SSSR count). The molecule has 1 unspecified atom stereocenters. The van der Waals surface area contributed by atoms with E-state index in [0.29, 0.717) is 13.2 Å². The Morgan fingerprint density at radius 3 is 2.60 bits per heavy atom. The van der Waals surface area contributed by atoms with Crippen LogP contribution in [0, 0.1) is 0 Å². The molecule has 1 aromatic carbocycles. The second-order valence-corrected chi connectivity index (χ2v) is 5.41. The second-order valence-electron chi connectivity index (χ2n) is 4.31. The van der Waals surface area contributed by atoms with Crippen LogP contribution in [0.3, 0.4) is 0 Å². The summed E-state index contributed by atoms with van der Waals surface area (Å²) in [5, 5.41) is 8.21. The van der Waals surface area contributed by atoms with E-state index in [-0.39, 0.29) is 4.83 Å². The van der Waals surface area contributed by atoms with E-state index in [1.165, 1.54) is 0 Å². The lowest BCUT2D eigenvalue weighted by Gasteiger charge is -2.06. The molecule has 0 amide bonds. The minimum Gasteiger partial charge on any atom is -0.497 e. The zero-order chi connectivity index (χ0) is 14.4. The number of nitrogens with zero attached hydrogens (tertiary/aromatic N) is 3. The van der Waals surface area contributed by atoms with E-state index >= 15 is 0 Å². The van der Waals surface area contributed by atoms with Gasteiger partial charge in [-0.1, -0.05) is 28.1 Å². The Hall–Kier alpha value is -1.56. The highest BCUT2D eigenvalue weighted by atomic mass is 79.9. The summed E-state index contributed by atoms with van der Waals surface area (Å²) in [5.41, 5.74) is 0.956. The summed E-state index contributed by atoms with van der Waals surface area (Å²) < 4.78 is 12.5. The Bertz CT molecular complexity index is 527. The van der Waals surface area contributed by atoms with Gasteiger partial charge in [-0.2, -0.15) is 0 Å². The van der Waals surface area contributed by atoms with E-state index in [0.717, 1.165) is 23.6 Å². The summed E-state index contributed by atoms with van der Waals surface area (Å²) >= 11 is 3.56. The van der Waals surface area contributed by atoms with E-state index in [1.807, 2.05) is 30.5 Å². The van der Waals surface area contributed by atoms with Gasteiger partial charge in [-0.3, -0.25) is 0 Å². The predicted molar refractivity (Wildman–Crippen MR) is 80.5 cm³/mol. The van der Waals surface area contributed by atoms with Crippen LogP contribution in [0.5, 0.6) is 11.5 Å². The Balaban J connectivity index is 1.81. The average Bonchev–Trinajstić information content (AvgIpc) is 2.96. The Morgan fingerprint density at radius 1 is 1.25 bits per heavy atom. The fourth-order valence-electron chi connectivity index (χ4n) is 1.70. The van der Waals surface area contributed by atoms with E-state index < -0.39 is 0 Å². The molecule has 0 saturated heterocycles. The zero-order valence-electron chi connectivity index (χ0n) is 11.6. The number of ether oxygens (including phenoxy) is 2. The zero-order valence-corrected chi connectivity index (χ0v) is 13.2. The third-order valence-corrected chi connectivity index (χ3v) is 4.00. The lowest BCUT2D eigenvalue weighted by Crippen LogP contribution is -2.08. The minimum absolute atomic E-state index is 0.263. The van der Waals surface area contributed by atoms with Crippen molar-refractivity contribution in [2.45, 2.75) is 24.7 Å². The third-order valence-electron chi connectivity index (χ3n) is 2.88. The minimum atomic E-state index is 0.263. The summed E-state index contributed by atoms with van der Waals surface area (Å²) in [4.78, 5) is 0.263. The molecule has 0 aliphatic rings. The summed E-state index contributed by atoms with van der Waals surface area (Å²) in [5.74, 6) is 1.64. The van der Waals surface area contributed by atoms with Crippen LogP contribution in [0.25, 0.3) is 0 Å². The van der Waals surface area contributed by atoms with Crippen molar-refractivity contribution in [1.82, 2.24) is 15.0 Å². The van der Waals surface area contributed by atoms with Crippen LogP contribution in [0.15, 0.2) is 30.5 Å². The van der Waals surface area contributed by atoms with Crippen LogP contribution < -0.4 is 9.47 Å². The van der Waals surface area contributed by atoms with Crippen LogP contribution in [-0.2, 0) is 6.54 Å². The SMILES string of the molecule is CCC(Br)c1cn(CCOc2ccc(OC)cc2)nn1. The molecule has 0 bridgehead atoms. The first-order valence-corrected chi connectivity index (χ1v) is 7.45. The van der Waals surface area contributed by atoms with Gasteiger partial charge in [-0.05, 0) is 30.7 Å². The highest BCUT2D eigenvalue weighted by Crippen LogP contribution is 2.23. The summed E-state index contributed by atoms with van der Waals surface area (Å²) in [6.07, 6.45) is 2.93. The fraction of sp³-hybridized carbons (Fsp3) is 0.429. The number of hydrogen-bond donors (Lipinski definition) is 0. The van der Waals surface area contributed by atoms with E-state index in [2.05, 4.69) is 33.2 Å². The molecule has 108 valence electrons. The quantitative estimate of drug-likeness (QED) is 0.726. The molecule has 1 heterocycles. The maximum absolute atomic E-state index is 5.65. The maximum Gasteiger partial charge on any atom is 0.119 e. The first-order valence-electron chi connectivity index (χ1n) is 6.54. The van der Waals surface area contributed by atoms with Crippen molar-refractivity contribution in [2.24, 2.45) is 0 Å². The van der Waals surface area contributed by atoms with Gasteiger partial charge in [0, 0.05) is 6.20 Å². The predicted octanol–water partition coefficient (Wildman–Crippen LogP) is 3.21.